The SMILES string of the molecule is CCCN(CCC)S(=O)(=O)c1cccc(C(N)=O)c1. The lowest BCUT2D eigenvalue weighted by molar-refractivity contribution is 0.1000. The summed E-state index contributed by atoms with van der Waals surface area (Å²) in [5.74, 6) is -0.630. The largest absolute Gasteiger partial charge is 0.366 e. The second-order valence-electron chi connectivity index (χ2n) is 4.30. The monoisotopic (exact) mass is 284 g/mol. The summed E-state index contributed by atoms with van der Waals surface area (Å²) in [4.78, 5) is 11.2. The van der Waals surface area contributed by atoms with Crippen molar-refractivity contribution in [1.82, 2.24) is 4.31 Å². The quantitative estimate of drug-likeness (QED) is 0.825. The van der Waals surface area contributed by atoms with Crippen LogP contribution in [-0.2, 0) is 10.0 Å². The van der Waals surface area contributed by atoms with Crippen molar-refractivity contribution in [2.24, 2.45) is 5.73 Å². The minimum absolute atomic E-state index is 0.116. The predicted molar refractivity (Wildman–Crippen MR) is 74.3 cm³/mol. The molecule has 5 nitrogen and oxygen atoms in total. The van der Waals surface area contributed by atoms with Crippen LogP contribution in [0, 0.1) is 0 Å². The molecule has 0 aliphatic rings. The normalized spacial score (nSPS) is 11.7. The number of hydrogen-bond acceptors (Lipinski definition) is 3. The topological polar surface area (TPSA) is 80.5 Å². The Morgan fingerprint density at radius 3 is 2.26 bits per heavy atom. The van der Waals surface area contributed by atoms with E-state index in [1.165, 1.54) is 28.6 Å². The highest BCUT2D eigenvalue weighted by molar-refractivity contribution is 7.89. The standard InChI is InChI=1S/C13H20N2O3S/c1-3-8-15(9-4-2)19(17,18)12-7-5-6-11(10-12)13(14)16/h5-7,10H,3-4,8-9H2,1-2H3,(H2,14,16). The van der Waals surface area contributed by atoms with Crippen LogP contribution in [0.2, 0.25) is 0 Å². The molecule has 1 amide bonds. The Hall–Kier alpha value is -1.40. The number of rotatable bonds is 7. The molecule has 19 heavy (non-hydrogen) atoms. The van der Waals surface area contributed by atoms with E-state index in [1.54, 1.807) is 0 Å². The van der Waals surface area contributed by atoms with E-state index in [0.717, 1.165) is 12.8 Å². The molecule has 0 fully saturated rings. The van der Waals surface area contributed by atoms with E-state index < -0.39 is 15.9 Å². The first-order chi connectivity index (χ1) is 8.93. The summed E-state index contributed by atoms with van der Waals surface area (Å²) in [5, 5.41) is 0. The minimum atomic E-state index is -3.56. The van der Waals surface area contributed by atoms with Gasteiger partial charge in [-0.1, -0.05) is 19.9 Å². The van der Waals surface area contributed by atoms with E-state index in [4.69, 9.17) is 5.73 Å². The lowest BCUT2D eigenvalue weighted by Crippen LogP contribution is -2.32. The average Bonchev–Trinajstić information content (AvgIpc) is 2.38. The van der Waals surface area contributed by atoms with Crippen LogP contribution in [0.4, 0.5) is 0 Å². The van der Waals surface area contributed by atoms with Gasteiger partial charge in [-0.05, 0) is 31.0 Å². The third-order valence-electron chi connectivity index (χ3n) is 2.70. The Kier molecular flexibility index (Phi) is 5.50. The Morgan fingerprint density at radius 2 is 1.79 bits per heavy atom. The zero-order valence-electron chi connectivity index (χ0n) is 11.3. The second kappa shape index (κ2) is 6.68. The highest BCUT2D eigenvalue weighted by atomic mass is 32.2. The van der Waals surface area contributed by atoms with Crippen LogP contribution in [0.25, 0.3) is 0 Å². The number of carbonyl (C=O) groups is 1. The van der Waals surface area contributed by atoms with E-state index in [0.29, 0.717) is 13.1 Å². The highest BCUT2D eigenvalue weighted by Gasteiger charge is 2.23. The molecule has 1 aromatic carbocycles. The van der Waals surface area contributed by atoms with Crippen molar-refractivity contribution >= 4 is 15.9 Å². The molecule has 0 spiro atoms. The fourth-order valence-electron chi connectivity index (χ4n) is 1.81. The minimum Gasteiger partial charge on any atom is -0.366 e. The van der Waals surface area contributed by atoms with Gasteiger partial charge >= 0.3 is 0 Å². The molecule has 0 aliphatic carbocycles. The zero-order valence-corrected chi connectivity index (χ0v) is 12.1. The smallest absolute Gasteiger partial charge is 0.248 e. The molecule has 0 unspecified atom stereocenters. The first kappa shape index (κ1) is 15.7. The summed E-state index contributed by atoms with van der Waals surface area (Å²) in [6, 6.07) is 5.85. The van der Waals surface area contributed by atoms with Gasteiger partial charge < -0.3 is 5.73 Å². The van der Waals surface area contributed by atoms with Gasteiger partial charge in [0.2, 0.25) is 15.9 Å². The molecule has 0 aromatic heterocycles. The Bertz CT molecular complexity index is 535. The number of primary amides is 1. The summed E-state index contributed by atoms with van der Waals surface area (Å²) in [6.07, 6.45) is 1.49. The fraction of sp³-hybridized carbons (Fsp3) is 0.462. The van der Waals surface area contributed by atoms with E-state index >= 15 is 0 Å². The zero-order chi connectivity index (χ0) is 14.5. The van der Waals surface area contributed by atoms with E-state index in [1.807, 2.05) is 13.8 Å². The third-order valence-corrected chi connectivity index (χ3v) is 4.60. The molecule has 2 N–H and O–H groups in total. The first-order valence-corrected chi connectivity index (χ1v) is 7.77. The van der Waals surface area contributed by atoms with Gasteiger partial charge in [-0.2, -0.15) is 4.31 Å². The number of carbonyl (C=O) groups excluding carboxylic acids is 1. The van der Waals surface area contributed by atoms with Crippen LogP contribution in [-0.4, -0.2) is 31.7 Å². The number of amides is 1. The van der Waals surface area contributed by atoms with Crippen molar-refractivity contribution in [3.8, 4) is 0 Å². The molecule has 0 saturated carbocycles. The maximum atomic E-state index is 12.5. The molecule has 0 saturated heterocycles. The van der Waals surface area contributed by atoms with Crippen molar-refractivity contribution in [3.63, 3.8) is 0 Å². The van der Waals surface area contributed by atoms with Crippen LogP contribution in [0.3, 0.4) is 0 Å². The number of sulfonamides is 1. The summed E-state index contributed by atoms with van der Waals surface area (Å²) >= 11 is 0. The van der Waals surface area contributed by atoms with Crippen LogP contribution in [0.15, 0.2) is 29.2 Å². The van der Waals surface area contributed by atoms with Gasteiger partial charge in [-0.15, -0.1) is 0 Å². The maximum Gasteiger partial charge on any atom is 0.248 e. The van der Waals surface area contributed by atoms with Gasteiger partial charge in [-0.3, -0.25) is 4.79 Å². The molecule has 1 aromatic rings. The van der Waals surface area contributed by atoms with Gasteiger partial charge in [0.25, 0.3) is 0 Å². The van der Waals surface area contributed by atoms with Crippen molar-refractivity contribution in [2.75, 3.05) is 13.1 Å². The van der Waals surface area contributed by atoms with Crippen LogP contribution >= 0.6 is 0 Å². The van der Waals surface area contributed by atoms with Crippen molar-refractivity contribution in [3.05, 3.63) is 29.8 Å². The Labute approximate surface area is 114 Å². The molecule has 106 valence electrons. The maximum absolute atomic E-state index is 12.5. The van der Waals surface area contributed by atoms with Gasteiger partial charge in [-0.25, -0.2) is 8.42 Å². The average molecular weight is 284 g/mol. The van der Waals surface area contributed by atoms with E-state index in [9.17, 15) is 13.2 Å². The number of hydrogen-bond donors (Lipinski definition) is 1. The van der Waals surface area contributed by atoms with E-state index in [-0.39, 0.29) is 10.5 Å². The Balaban J connectivity index is 3.17. The number of benzene rings is 1. The predicted octanol–water partition coefficient (Wildman–Crippen LogP) is 1.60. The molecule has 0 heterocycles. The van der Waals surface area contributed by atoms with Crippen LogP contribution in [0.1, 0.15) is 37.0 Å². The molecule has 0 radical (unpaired) electrons. The first-order valence-electron chi connectivity index (χ1n) is 6.33. The fourth-order valence-corrected chi connectivity index (χ4v) is 3.48. The van der Waals surface area contributed by atoms with Crippen molar-refractivity contribution in [2.45, 2.75) is 31.6 Å². The third kappa shape index (κ3) is 3.78. The molecular formula is C13H20N2O3S. The molecule has 0 bridgehead atoms. The highest BCUT2D eigenvalue weighted by Crippen LogP contribution is 2.17. The lowest BCUT2D eigenvalue weighted by atomic mass is 10.2. The summed E-state index contributed by atoms with van der Waals surface area (Å²) in [7, 11) is -3.56. The van der Waals surface area contributed by atoms with Crippen molar-refractivity contribution < 1.29 is 13.2 Å². The number of nitrogens with zero attached hydrogens (tertiary/aromatic N) is 1. The van der Waals surface area contributed by atoms with Gasteiger partial charge in [0.15, 0.2) is 0 Å². The van der Waals surface area contributed by atoms with Gasteiger partial charge in [0, 0.05) is 18.7 Å². The molecular weight excluding hydrogens is 264 g/mol. The van der Waals surface area contributed by atoms with Crippen molar-refractivity contribution in [1.29, 1.82) is 0 Å². The van der Waals surface area contributed by atoms with Crippen LogP contribution < -0.4 is 5.73 Å². The summed E-state index contributed by atoms with van der Waals surface area (Å²) in [5.41, 5.74) is 5.37. The second-order valence-corrected chi connectivity index (χ2v) is 6.23. The number of nitrogens with two attached hydrogens (primary N) is 1. The summed E-state index contributed by atoms with van der Waals surface area (Å²) < 4.78 is 26.4. The van der Waals surface area contributed by atoms with Crippen LogP contribution in [0.5, 0.6) is 0 Å². The lowest BCUT2D eigenvalue weighted by Gasteiger charge is -2.21. The Morgan fingerprint density at radius 1 is 1.21 bits per heavy atom. The van der Waals surface area contributed by atoms with E-state index in [2.05, 4.69) is 0 Å². The summed E-state index contributed by atoms with van der Waals surface area (Å²) in [6.45, 7) is 4.80. The molecule has 1 rings (SSSR count). The molecule has 0 atom stereocenters. The molecule has 6 heteroatoms. The molecule has 0 aliphatic heterocycles. The van der Waals surface area contributed by atoms with Gasteiger partial charge in [0.05, 0.1) is 4.90 Å². The van der Waals surface area contributed by atoms with Gasteiger partial charge in [0.1, 0.15) is 0 Å².